The molecule has 0 amide bonds. The molecule has 1 atom stereocenters. The maximum Gasteiger partial charge on any atom is 0.120 e. The summed E-state index contributed by atoms with van der Waals surface area (Å²) in [5.74, 6) is 3.56. The normalized spacial score (nSPS) is 29.0. The molecule has 1 aliphatic rings. The fourth-order valence-electron chi connectivity index (χ4n) is 0.651. The van der Waals surface area contributed by atoms with E-state index in [1.807, 2.05) is 23.5 Å². The number of rotatable bonds is 1. The summed E-state index contributed by atoms with van der Waals surface area (Å²) in [7, 11) is 0. The van der Waals surface area contributed by atoms with Crippen LogP contribution in [0.15, 0.2) is 0 Å². The molecule has 0 aromatic heterocycles. The molecule has 1 aliphatic heterocycles. The Bertz CT molecular complexity index is 81.0. The molecule has 9 heavy (non-hydrogen) atoms. The third kappa shape index (κ3) is 2.79. The lowest BCUT2D eigenvalue weighted by molar-refractivity contribution is 1.07. The van der Waals surface area contributed by atoms with Gasteiger partial charge in [-0.15, -0.1) is 23.2 Å². The molecule has 0 nitrogen and oxygen atoms in total. The molecule has 0 spiro atoms. The number of alkyl halides is 2. The molecular weight excluding hydrogens is 195 g/mol. The number of hydrogen-bond donors (Lipinski definition) is 0. The van der Waals surface area contributed by atoms with E-state index in [9.17, 15) is 0 Å². The number of thioether (sulfide) groups is 2. The van der Waals surface area contributed by atoms with Crippen molar-refractivity contribution in [3.05, 3.63) is 0 Å². The summed E-state index contributed by atoms with van der Waals surface area (Å²) in [5.41, 5.74) is 0. The molecule has 1 heterocycles. The molecule has 4 heteroatoms. The molecule has 1 unspecified atom stereocenters. The van der Waals surface area contributed by atoms with Crippen molar-refractivity contribution in [3.8, 4) is 0 Å². The summed E-state index contributed by atoms with van der Waals surface area (Å²) < 4.78 is 0. The van der Waals surface area contributed by atoms with Gasteiger partial charge in [0.2, 0.25) is 0 Å². The summed E-state index contributed by atoms with van der Waals surface area (Å²) >= 11 is 15.2. The molecule has 0 aromatic carbocycles. The molecule has 0 aliphatic carbocycles. The van der Waals surface area contributed by atoms with Gasteiger partial charge in [-0.3, -0.25) is 0 Å². The molecule has 1 rings (SSSR count). The van der Waals surface area contributed by atoms with Crippen molar-refractivity contribution in [1.82, 2.24) is 0 Å². The molecule has 0 radical (unpaired) electrons. The molecule has 0 aromatic rings. The van der Waals surface area contributed by atoms with Crippen LogP contribution < -0.4 is 0 Å². The fourth-order valence-corrected chi connectivity index (χ4v) is 4.05. The van der Waals surface area contributed by atoms with Crippen LogP contribution in [0.25, 0.3) is 0 Å². The van der Waals surface area contributed by atoms with Gasteiger partial charge in [-0.25, -0.2) is 0 Å². The summed E-state index contributed by atoms with van der Waals surface area (Å²) in [6.45, 7) is 0. The van der Waals surface area contributed by atoms with Crippen molar-refractivity contribution in [3.63, 3.8) is 0 Å². The highest BCUT2D eigenvalue weighted by Gasteiger charge is 2.20. The van der Waals surface area contributed by atoms with E-state index in [1.54, 1.807) is 0 Å². The monoisotopic (exact) mass is 202 g/mol. The second-order valence-corrected chi connectivity index (χ2v) is 5.48. The molecule has 0 saturated carbocycles. The standard InChI is InChI=1S/C5H8Cl2S2/c6-5(7)4-3-8-1-2-9-4/h4-5H,1-3H2. The van der Waals surface area contributed by atoms with Crippen molar-refractivity contribution in [1.29, 1.82) is 0 Å². The van der Waals surface area contributed by atoms with Crippen LogP contribution in [0.4, 0.5) is 0 Å². The Morgan fingerprint density at radius 1 is 1.33 bits per heavy atom. The quantitative estimate of drug-likeness (QED) is 0.601. The van der Waals surface area contributed by atoms with Gasteiger partial charge in [0, 0.05) is 22.5 Å². The first-order valence-corrected chi connectivity index (χ1v) is 5.86. The van der Waals surface area contributed by atoms with Gasteiger partial charge < -0.3 is 0 Å². The molecule has 0 N–H and O–H groups in total. The van der Waals surface area contributed by atoms with Crippen LogP contribution >= 0.6 is 46.7 Å². The van der Waals surface area contributed by atoms with Crippen molar-refractivity contribution >= 4 is 46.7 Å². The van der Waals surface area contributed by atoms with E-state index in [4.69, 9.17) is 23.2 Å². The van der Waals surface area contributed by atoms with Crippen LogP contribution in [0.5, 0.6) is 0 Å². The molecule has 1 fully saturated rings. The predicted octanol–water partition coefficient (Wildman–Crippen LogP) is 2.64. The van der Waals surface area contributed by atoms with Crippen LogP contribution in [0.3, 0.4) is 0 Å². The predicted molar refractivity (Wildman–Crippen MR) is 49.1 cm³/mol. The lowest BCUT2D eigenvalue weighted by Gasteiger charge is -2.21. The Morgan fingerprint density at radius 2 is 2.11 bits per heavy atom. The van der Waals surface area contributed by atoms with Crippen molar-refractivity contribution in [2.24, 2.45) is 0 Å². The Labute approximate surface area is 74.0 Å². The Balaban J connectivity index is 2.23. The maximum atomic E-state index is 5.69. The van der Waals surface area contributed by atoms with Gasteiger partial charge in [-0.05, 0) is 0 Å². The third-order valence-electron chi connectivity index (χ3n) is 1.12. The maximum absolute atomic E-state index is 5.69. The first kappa shape index (κ1) is 8.38. The summed E-state index contributed by atoms with van der Waals surface area (Å²) in [4.78, 5) is -0.178. The van der Waals surface area contributed by atoms with E-state index in [0.717, 1.165) is 5.75 Å². The average Bonchev–Trinajstić information content (AvgIpc) is 1.90. The molecule has 0 bridgehead atoms. The van der Waals surface area contributed by atoms with E-state index >= 15 is 0 Å². The second kappa shape index (κ2) is 4.22. The second-order valence-electron chi connectivity index (χ2n) is 1.82. The van der Waals surface area contributed by atoms with E-state index in [0.29, 0.717) is 5.25 Å². The van der Waals surface area contributed by atoms with Gasteiger partial charge in [0.1, 0.15) is 4.84 Å². The van der Waals surface area contributed by atoms with Crippen molar-refractivity contribution < 1.29 is 0 Å². The largest absolute Gasteiger partial charge is 0.160 e. The highest BCUT2D eigenvalue weighted by Crippen LogP contribution is 2.30. The average molecular weight is 203 g/mol. The van der Waals surface area contributed by atoms with Crippen molar-refractivity contribution in [2.45, 2.75) is 10.1 Å². The first-order valence-electron chi connectivity index (χ1n) is 2.78. The van der Waals surface area contributed by atoms with Crippen LogP contribution in [-0.4, -0.2) is 27.3 Å². The Morgan fingerprint density at radius 3 is 2.44 bits per heavy atom. The van der Waals surface area contributed by atoms with E-state index in [-0.39, 0.29) is 4.84 Å². The minimum atomic E-state index is -0.178. The topological polar surface area (TPSA) is 0 Å². The van der Waals surface area contributed by atoms with Crippen molar-refractivity contribution in [2.75, 3.05) is 17.3 Å². The van der Waals surface area contributed by atoms with Gasteiger partial charge in [-0.1, -0.05) is 0 Å². The van der Waals surface area contributed by atoms with Crippen LogP contribution in [0.1, 0.15) is 0 Å². The van der Waals surface area contributed by atoms with Gasteiger partial charge in [-0.2, -0.15) is 23.5 Å². The van der Waals surface area contributed by atoms with Gasteiger partial charge in [0.15, 0.2) is 0 Å². The van der Waals surface area contributed by atoms with Crippen LogP contribution in [0.2, 0.25) is 0 Å². The lowest BCUT2D eigenvalue weighted by atomic mass is 10.5. The first-order chi connectivity index (χ1) is 4.30. The zero-order valence-electron chi connectivity index (χ0n) is 4.85. The summed E-state index contributed by atoms with van der Waals surface area (Å²) in [5, 5.41) is 0.465. The SMILES string of the molecule is ClC(Cl)C1CSCCS1. The highest BCUT2D eigenvalue weighted by molar-refractivity contribution is 8.06. The van der Waals surface area contributed by atoms with Gasteiger partial charge in [0.25, 0.3) is 0 Å². The van der Waals surface area contributed by atoms with E-state index in [2.05, 4.69) is 0 Å². The fraction of sp³-hybridized carbons (Fsp3) is 1.00. The lowest BCUT2D eigenvalue weighted by Crippen LogP contribution is -2.20. The molecule has 54 valence electrons. The smallest absolute Gasteiger partial charge is 0.120 e. The van der Waals surface area contributed by atoms with Gasteiger partial charge >= 0.3 is 0 Å². The van der Waals surface area contributed by atoms with E-state index < -0.39 is 0 Å². The minimum absolute atomic E-state index is 0.178. The van der Waals surface area contributed by atoms with Gasteiger partial charge in [0.05, 0.1) is 0 Å². The Hall–Kier alpha value is 1.28. The van der Waals surface area contributed by atoms with Crippen LogP contribution in [-0.2, 0) is 0 Å². The highest BCUT2D eigenvalue weighted by atomic mass is 35.5. The zero-order valence-corrected chi connectivity index (χ0v) is 7.99. The van der Waals surface area contributed by atoms with Crippen LogP contribution in [0, 0.1) is 0 Å². The number of halogens is 2. The third-order valence-corrected chi connectivity index (χ3v) is 4.89. The Kier molecular flexibility index (Phi) is 3.93. The summed E-state index contributed by atoms with van der Waals surface area (Å²) in [6.07, 6.45) is 0. The molecule has 1 saturated heterocycles. The van der Waals surface area contributed by atoms with E-state index in [1.165, 1.54) is 11.5 Å². The number of hydrogen-bond acceptors (Lipinski definition) is 2. The zero-order chi connectivity index (χ0) is 6.69. The minimum Gasteiger partial charge on any atom is -0.160 e. The summed E-state index contributed by atoms with van der Waals surface area (Å²) in [6, 6.07) is 0. The molecular formula is C5H8Cl2S2.